The zero-order valence-corrected chi connectivity index (χ0v) is 20.8. The van der Waals surface area contributed by atoms with Crippen LogP contribution in [0.4, 0.5) is 5.69 Å². The van der Waals surface area contributed by atoms with Crippen molar-refractivity contribution in [2.75, 3.05) is 50.7 Å². The molecule has 1 fully saturated rings. The van der Waals surface area contributed by atoms with Gasteiger partial charge in [-0.05, 0) is 57.0 Å². The third-order valence-electron chi connectivity index (χ3n) is 5.49. The standard InChI is InChI=1S/C23H38N4O4S/c1-6-14-32(30,31)25-20-9-7-8-19(15-20)22(29)27-12-10-18(11-13-27)21(28)24-16-23(2,3)17-26(4)5/h7-9,15,18,25H,6,10-14,16-17H2,1-5H3,(H,24,28). The van der Waals surface area contributed by atoms with Gasteiger partial charge in [-0.3, -0.25) is 14.3 Å². The Hall–Kier alpha value is -2.13. The van der Waals surface area contributed by atoms with Crippen LogP contribution in [0.3, 0.4) is 0 Å². The average Bonchev–Trinajstić information content (AvgIpc) is 2.70. The van der Waals surface area contributed by atoms with Crippen molar-refractivity contribution in [2.24, 2.45) is 11.3 Å². The van der Waals surface area contributed by atoms with E-state index in [0.717, 1.165) is 6.54 Å². The first-order valence-corrected chi connectivity index (χ1v) is 12.9. The Bertz CT molecular complexity index is 891. The summed E-state index contributed by atoms with van der Waals surface area (Å²) in [6.07, 6.45) is 1.76. The lowest BCUT2D eigenvalue weighted by molar-refractivity contribution is -0.126. The molecule has 1 aromatic rings. The van der Waals surface area contributed by atoms with E-state index in [2.05, 4.69) is 28.8 Å². The molecule has 0 radical (unpaired) electrons. The molecule has 1 saturated heterocycles. The maximum atomic E-state index is 12.9. The Kier molecular flexibility index (Phi) is 9.09. The van der Waals surface area contributed by atoms with Crippen molar-refractivity contribution < 1.29 is 18.0 Å². The average molecular weight is 467 g/mol. The monoisotopic (exact) mass is 466 g/mol. The number of carbonyl (C=O) groups is 2. The summed E-state index contributed by atoms with van der Waals surface area (Å²) in [6.45, 7) is 8.56. The van der Waals surface area contributed by atoms with Gasteiger partial charge in [0.15, 0.2) is 0 Å². The molecule has 180 valence electrons. The van der Waals surface area contributed by atoms with Gasteiger partial charge in [0, 0.05) is 43.3 Å². The predicted molar refractivity (Wildman–Crippen MR) is 128 cm³/mol. The van der Waals surface area contributed by atoms with Crippen LogP contribution in [0.2, 0.25) is 0 Å². The topological polar surface area (TPSA) is 98.8 Å². The third-order valence-corrected chi connectivity index (χ3v) is 6.99. The van der Waals surface area contributed by atoms with Crippen molar-refractivity contribution in [2.45, 2.75) is 40.0 Å². The van der Waals surface area contributed by atoms with E-state index in [1.54, 1.807) is 36.1 Å². The van der Waals surface area contributed by atoms with Gasteiger partial charge < -0.3 is 15.1 Å². The summed E-state index contributed by atoms with van der Waals surface area (Å²) >= 11 is 0. The Morgan fingerprint density at radius 2 is 1.84 bits per heavy atom. The first kappa shape index (κ1) is 26.1. The van der Waals surface area contributed by atoms with E-state index in [-0.39, 0.29) is 28.9 Å². The van der Waals surface area contributed by atoms with E-state index >= 15 is 0 Å². The number of sulfonamides is 1. The zero-order chi connectivity index (χ0) is 23.9. The molecule has 2 N–H and O–H groups in total. The number of carbonyl (C=O) groups excluding carboxylic acids is 2. The second kappa shape index (κ2) is 11.1. The van der Waals surface area contributed by atoms with Gasteiger partial charge in [0.25, 0.3) is 5.91 Å². The molecule has 0 aromatic heterocycles. The molecule has 0 spiro atoms. The fourth-order valence-electron chi connectivity index (χ4n) is 4.13. The van der Waals surface area contributed by atoms with Gasteiger partial charge in [-0.25, -0.2) is 8.42 Å². The lowest BCUT2D eigenvalue weighted by Gasteiger charge is -2.33. The molecule has 0 aliphatic carbocycles. The van der Waals surface area contributed by atoms with Crippen LogP contribution >= 0.6 is 0 Å². The number of hydrogen-bond donors (Lipinski definition) is 2. The van der Waals surface area contributed by atoms with Crippen molar-refractivity contribution in [3.63, 3.8) is 0 Å². The second-order valence-corrected chi connectivity index (χ2v) is 11.5. The van der Waals surface area contributed by atoms with Crippen LogP contribution in [0.5, 0.6) is 0 Å². The van der Waals surface area contributed by atoms with Crippen LogP contribution in [0.15, 0.2) is 24.3 Å². The highest BCUT2D eigenvalue weighted by atomic mass is 32.2. The van der Waals surface area contributed by atoms with Crippen LogP contribution < -0.4 is 10.0 Å². The van der Waals surface area contributed by atoms with Crippen molar-refractivity contribution in [1.29, 1.82) is 0 Å². The maximum absolute atomic E-state index is 12.9. The van der Waals surface area contributed by atoms with Gasteiger partial charge in [-0.1, -0.05) is 26.8 Å². The van der Waals surface area contributed by atoms with Crippen LogP contribution in [-0.2, 0) is 14.8 Å². The number of anilines is 1. The van der Waals surface area contributed by atoms with Crippen molar-refractivity contribution in [3.8, 4) is 0 Å². The minimum absolute atomic E-state index is 0.0144. The SMILES string of the molecule is CCCS(=O)(=O)Nc1cccc(C(=O)N2CCC(C(=O)NCC(C)(C)CN(C)C)CC2)c1. The minimum atomic E-state index is -3.41. The highest BCUT2D eigenvalue weighted by molar-refractivity contribution is 7.92. The fourth-order valence-corrected chi connectivity index (χ4v) is 5.25. The van der Waals surface area contributed by atoms with Crippen molar-refractivity contribution >= 4 is 27.5 Å². The summed E-state index contributed by atoms with van der Waals surface area (Å²) in [4.78, 5) is 29.4. The minimum Gasteiger partial charge on any atom is -0.355 e. The quantitative estimate of drug-likeness (QED) is 0.552. The molecular formula is C23H38N4O4S. The van der Waals surface area contributed by atoms with Gasteiger partial charge in [0.05, 0.1) is 5.75 Å². The molecule has 1 aromatic carbocycles. The molecule has 1 heterocycles. The molecule has 8 nitrogen and oxygen atoms in total. The molecule has 0 bridgehead atoms. The van der Waals surface area contributed by atoms with Gasteiger partial charge >= 0.3 is 0 Å². The van der Waals surface area contributed by atoms with E-state index < -0.39 is 10.0 Å². The number of nitrogens with one attached hydrogen (secondary N) is 2. The number of piperidine rings is 1. The van der Waals surface area contributed by atoms with Crippen molar-refractivity contribution in [3.05, 3.63) is 29.8 Å². The Morgan fingerprint density at radius 3 is 2.44 bits per heavy atom. The normalized spacial score (nSPS) is 15.6. The second-order valence-electron chi connectivity index (χ2n) is 9.69. The smallest absolute Gasteiger partial charge is 0.253 e. The van der Waals surface area contributed by atoms with Crippen LogP contribution in [-0.4, -0.2) is 76.1 Å². The molecular weight excluding hydrogens is 428 g/mol. The number of amides is 2. The highest BCUT2D eigenvalue weighted by Crippen LogP contribution is 2.22. The number of nitrogens with zero attached hydrogens (tertiary/aromatic N) is 2. The lowest BCUT2D eigenvalue weighted by Crippen LogP contribution is -2.46. The summed E-state index contributed by atoms with van der Waals surface area (Å²) in [7, 11) is 0.626. The number of hydrogen-bond acceptors (Lipinski definition) is 5. The lowest BCUT2D eigenvalue weighted by atomic mass is 9.91. The van der Waals surface area contributed by atoms with Gasteiger partial charge in [-0.2, -0.15) is 0 Å². The van der Waals surface area contributed by atoms with Gasteiger partial charge in [0.1, 0.15) is 0 Å². The molecule has 1 aliphatic rings. The molecule has 2 rings (SSSR count). The fraction of sp³-hybridized carbons (Fsp3) is 0.652. The molecule has 1 aliphatic heterocycles. The Morgan fingerprint density at radius 1 is 1.19 bits per heavy atom. The van der Waals surface area contributed by atoms with E-state index in [1.165, 1.54) is 0 Å². The molecule has 9 heteroatoms. The largest absolute Gasteiger partial charge is 0.355 e. The highest BCUT2D eigenvalue weighted by Gasteiger charge is 2.29. The summed E-state index contributed by atoms with van der Waals surface area (Å²) in [5, 5.41) is 3.08. The summed E-state index contributed by atoms with van der Waals surface area (Å²) in [5.74, 6) is -0.155. The first-order valence-electron chi connectivity index (χ1n) is 11.2. The van der Waals surface area contributed by atoms with E-state index in [1.807, 2.05) is 14.1 Å². The third kappa shape index (κ3) is 8.09. The molecule has 0 atom stereocenters. The van der Waals surface area contributed by atoms with E-state index in [4.69, 9.17) is 0 Å². The van der Waals surface area contributed by atoms with Crippen LogP contribution in [0.1, 0.15) is 50.4 Å². The van der Waals surface area contributed by atoms with Crippen LogP contribution in [0.25, 0.3) is 0 Å². The first-order chi connectivity index (χ1) is 14.9. The Labute approximate surface area is 192 Å². The molecule has 32 heavy (non-hydrogen) atoms. The number of likely N-dealkylation sites (tertiary alicyclic amines) is 1. The van der Waals surface area contributed by atoms with Gasteiger partial charge in [0.2, 0.25) is 15.9 Å². The summed E-state index contributed by atoms with van der Waals surface area (Å²) in [5.41, 5.74) is 0.813. The maximum Gasteiger partial charge on any atom is 0.253 e. The zero-order valence-electron chi connectivity index (χ0n) is 20.0. The van der Waals surface area contributed by atoms with Crippen molar-refractivity contribution in [1.82, 2.24) is 15.1 Å². The van der Waals surface area contributed by atoms with Gasteiger partial charge in [-0.15, -0.1) is 0 Å². The number of rotatable bonds is 10. The van der Waals surface area contributed by atoms with E-state index in [9.17, 15) is 18.0 Å². The van der Waals surface area contributed by atoms with E-state index in [0.29, 0.717) is 50.1 Å². The Balaban J connectivity index is 1.90. The van der Waals surface area contributed by atoms with Crippen LogP contribution in [0, 0.1) is 11.3 Å². The molecule has 2 amide bonds. The molecule has 0 unspecified atom stereocenters. The predicted octanol–water partition coefficient (Wildman–Crippen LogP) is 2.39. The number of benzene rings is 1. The summed E-state index contributed by atoms with van der Waals surface area (Å²) < 4.78 is 26.5. The molecule has 0 saturated carbocycles. The summed E-state index contributed by atoms with van der Waals surface area (Å²) in [6, 6.07) is 6.57.